The van der Waals surface area contributed by atoms with E-state index in [0.717, 1.165) is 5.56 Å². The molecule has 0 aliphatic heterocycles. The van der Waals surface area contributed by atoms with Crippen LogP contribution in [0.5, 0.6) is 0 Å². The van der Waals surface area contributed by atoms with E-state index < -0.39 is 18.0 Å². The van der Waals surface area contributed by atoms with Crippen LogP contribution in [0.3, 0.4) is 0 Å². The minimum absolute atomic E-state index is 0.372. The summed E-state index contributed by atoms with van der Waals surface area (Å²) in [5.74, 6) is -0.331. The standard InChI is InChI=1S/C11H18N4O3S/c1-15(7-8-5-12-13-6-8)11(18)14-9(10(16)17)3-4-19-2/h5-6,9H,3-4,7H2,1-2H3,(H,12,13)(H,14,18)(H,16,17). The molecule has 7 nitrogen and oxygen atoms in total. The van der Waals surface area contributed by atoms with Gasteiger partial charge in [0, 0.05) is 18.8 Å². The molecule has 3 N–H and O–H groups in total. The Labute approximate surface area is 115 Å². The highest BCUT2D eigenvalue weighted by Gasteiger charge is 2.21. The number of carboxylic acid groups (broad SMARTS) is 1. The topological polar surface area (TPSA) is 98.3 Å². The van der Waals surface area contributed by atoms with Crippen molar-refractivity contribution in [2.24, 2.45) is 0 Å². The fraction of sp³-hybridized carbons (Fsp3) is 0.545. The van der Waals surface area contributed by atoms with Crippen molar-refractivity contribution in [2.75, 3.05) is 19.1 Å². The first-order chi connectivity index (χ1) is 9.04. The van der Waals surface area contributed by atoms with Crippen LogP contribution in [0.2, 0.25) is 0 Å². The van der Waals surface area contributed by atoms with Crippen molar-refractivity contribution >= 4 is 23.8 Å². The zero-order valence-electron chi connectivity index (χ0n) is 10.9. The lowest BCUT2D eigenvalue weighted by Gasteiger charge is -2.20. The van der Waals surface area contributed by atoms with Gasteiger partial charge < -0.3 is 15.3 Å². The molecular formula is C11H18N4O3S. The Morgan fingerprint density at radius 1 is 1.63 bits per heavy atom. The lowest BCUT2D eigenvalue weighted by molar-refractivity contribution is -0.139. The predicted octanol–water partition coefficient (Wildman–Crippen LogP) is 0.757. The molecule has 0 saturated heterocycles. The van der Waals surface area contributed by atoms with Crippen LogP contribution in [0.15, 0.2) is 12.4 Å². The van der Waals surface area contributed by atoms with Crippen LogP contribution in [0.4, 0.5) is 4.79 Å². The first-order valence-corrected chi connectivity index (χ1v) is 7.15. The Morgan fingerprint density at radius 2 is 2.37 bits per heavy atom. The highest BCUT2D eigenvalue weighted by atomic mass is 32.2. The third-order valence-electron chi connectivity index (χ3n) is 2.53. The van der Waals surface area contributed by atoms with Crippen LogP contribution < -0.4 is 5.32 Å². The molecule has 0 aliphatic carbocycles. The van der Waals surface area contributed by atoms with E-state index in [4.69, 9.17) is 5.11 Å². The van der Waals surface area contributed by atoms with Crippen molar-refractivity contribution in [3.8, 4) is 0 Å². The van der Waals surface area contributed by atoms with E-state index in [1.54, 1.807) is 31.2 Å². The lowest BCUT2D eigenvalue weighted by atomic mass is 10.2. The second kappa shape index (κ2) is 7.67. The third-order valence-corrected chi connectivity index (χ3v) is 3.17. The summed E-state index contributed by atoms with van der Waals surface area (Å²) in [5.41, 5.74) is 0.855. The SMILES string of the molecule is CSCCC(NC(=O)N(C)Cc1cn[nH]c1)C(=O)O. The molecule has 0 bridgehead atoms. The molecule has 0 spiro atoms. The molecule has 0 saturated carbocycles. The number of carbonyl (C=O) groups excluding carboxylic acids is 1. The Balaban J connectivity index is 2.48. The highest BCUT2D eigenvalue weighted by molar-refractivity contribution is 7.98. The van der Waals surface area contributed by atoms with Gasteiger partial charge in [0.25, 0.3) is 0 Å². The van der Waals surface area contributed by atoms with Crippen molar-refractivity contribution < 1.29 is 14.7 Å². The molecule has 2 amide bonds. The van der Waals surface area contributed by atoms with Gasteiger partial charge in [-0.2, -0.15) is 16.9 Å². The van der Waals surface area contributed by atoms with E-state index in [1.807, 2.05) is 6.26 Å². The number of aromatic nitrogens is 2. The van der Waals surface area contributed by atoms with Crippen molar-refractivity contribution in [2.45, 2.75) is 19.0 Å². The summed E-state index contributed by atoms with van der Waals surface area (Å²) in [6.07, 6.45) is 5.60. The second-order valence-electron chi connectivity index (χ2n) is 4.08. The Kier molecular flexibility index (Phi) is 6.20. The molecule has 8 heteroatoms. The predicted molar refractivity (Wildman–Crippen MR) is 73.0 cm³/mol. The molecule has 106 valence electrons. The molecule has 1 atom stereocenters. The van der Waals surface area contributed by atoms with Crippen molar-refractivity contribution in [3.63, 3.8) is 0 Å². The molecule has 1 heterocycles. The fourth-order valence-corrected chi connectivity index (χ4v) is 1.93. The van der Waals surface area contributed by atoms with E-state index in [-0.39, 0.29) is 0 Å². The second-order valence-corrected chi connectivity index (χ2v) is 5.07. The number of carbonyl (C=O) groups is 2. The third kappa shape index (κ3) is 5.21. The van der Waals surface area contributed by atoms with Gasteiger partial charge in [0.2, 0.25) is 0 Å². The number of H-pyrrole nitrogens is 1. The van der Waals surface area contributed by atoms with Gasteiger partial charge in [0.15, 0.2) is 0 Å². The number of urea groups is 1. The normalized spacial score (nSPS) is 11.9. The molecule has 1 unspecified atom stereocenters. The number of aromatic amines is 1. The van der Waals surface area contributed by atoms with Gasteiger partial charge in [-0.3, -0.25) is 5.10 Å². The maximum absolute atomic E-state index is 11.9. The molecule has 1 aromatic rings. The van der Waals surface area contributed by atoms with Gasteiger partial charge in [0.1, 0.15) is 6.04 Å². The zero-order chi connectivity index (χ0) is 14.3. The van der Waals surface area contributed by atoms with Gasteiger partial charge in [-0.15, -0.1) is 0 Å². The van der Waals surface area contributed by atoms with E-state index in [1.165, 1.54) is 4.90 Å². The Morgan fingerprint density at radius 3 is 2.89 bits per heavy atom. The number of nitrogens with zero attached hydrogens (tertiary/aromatic N) is 2. The smallest absolute Gasteiger partial charge is 0.326 e. The number of amides is 2. The summed E-state index contributed by atoms with van der Waals surface area (Å²) in [6.45, 7) is 0.372. The van der Waals surface area contributed by atoms with Gasteiger partial charge in [-0.25, -0.2) is 9.59 Å². The lowest BCUT2D eigenvalue weighted by Crippen LogP contribution is -2.46. The number of hydrogen-bond donors (Lipinski definition) is 3. The van der Waals surface area contributed by atoms with E-state index in [0.29, 0.717) is 18.7 Å². The quantitative estimate of drug-likeness (QED) is 0.687. The number of nitrogens with one attached hydrogen (secondary N) is 2. The van der Waals surface area contributed by atoms with Crippen molar-refractivity contribution in [1.29, 1.82) is 0 Å². The van der Waals surface area contributed by atoms with E-state index >= 15 is 0 Å². The average molecular weight is 286 g/mol. The summed E-state index contributed by atoms with van der Waals surface area (Å²) in [5, 5.41) is 18.0. The molecule has 0 fully saturated rings. The van der Waals surface area contributed by atoms with Crippen LogP contribution in [0, 0.1) is 0 Å². The number of carboxylic acids is 1. The van der Waals surface area contributed by atoms with Crippen LogP contribution >= 0.6 is 11.8 Å². The number of thioether (sulfide) groups is 1. The molecule has 1 aromatic heterocycles. The molecule has 19 heavy (non-hydrogen) atoms. The average Bonchev–Trinajstić information content (AvgIpc) is 2.86. The van der Waals surface area contributed by atoms with Crippen LogP contribution in [0.1, 0.15) is 12.0 Å². The van der Waals surface area contributed by atoms with Gasteiger partial charge in [0.05, 0.1) is 12.7 Å². The monoisotopic (exact) mass is 286 g/mol. The van der Waals surface area contributed by atoms with Gasteiger partial charge in [-0.1, -0.05) is 0 Å². The summed E-state index contributed by atoms with van der Waals surface area (Å²) in [4.78, 5) is 24.3. The number of aliphatic carboxylic acids is 1. The van der Waals surface area contributed by atoms with Crippen molar-refractivity contribution in [1.82, 2.24) is 20.4 Å². The summed E-state index contributed by atoms with van der Waals surface area (Å²) < 4.78 is 0. The molecule has 0 aliphatic rings. The zero-order valence-corrected chi connectivity index (χ0v) is 11.7. The minimum Gasteiger partial charge on any atom is -0.480 e. The largest absolute Gasteiger partial charge is 0.480 e. The maximum atomic E-state index is 11.9. The van der Waals surface area contributed by atoms with Crippen LogP contribution in [0.25, 0.3) is 0 Å². The number of hydrogen-bond acceptors (Lipinski definition) is 4. The summed E-state index contributed by atoms with van der Waals surface area (Å²) in [6, 6.07) is -1.26. The van der Waals surface area contributed by atoms with E-state index in [2.05, 4.69) is 15.5 Å². The van der Waals surface area contributed by atoms with Gasteiger partial charge >= 0.3 is 12.0 Å². The Bertz CT molecular complexity index is 410. The number of rotatable bonds is 7. The molecule has 0 radical (unpaired) electrons. The maximum Gasteiger partial charge on any atom is 0.326 e. The van der Waals surface area contributed by atoms with Gasteiger partial charge in [-0.05, 0) is 18.4 Å². The molecule has 1 rings (SSSR count). The Hall–Kier alpha value is -1.70. The van der Waals surface area contributed by atoms with Crippen molar-refractivity contribution in [3.05, 3.63) is 18.0 Å². The van der Waals surface area contributed by atoms with Crippen LogP contribution in [-0.4, -0.2) is 57.3 Å². The first-order valence-electron chi connectivity index (χ1n) is 5.75. The first kappa shape index (κ1) is 15.4. The van der Waals surface area contributed by atoms with E-state index in [9.17, 15) is 9.59 Å². The molecule has 0 aromatic carbocycles. The molecular weight excluding hydrogens is 268 g/mol. The fourth-order valence-electron chi connectivity index (χ4n) is 1.46. The summed E-state index contributed by atoms with van der Waals surface area (Å²) >= 11 is 1.55. The summed E-state index contributed by atoms with van der Waals surface area (Å²) in [7, 11) is 1.61. The van der Waals surface area contributed by atoms with Crippen LogP contribution in [-0.2, 0) is 11.3 Å². The minimum atomic E-state index is -1.01. The highest BCUT2D eigenvalue weighted by Crippen LogP contribution is 2.04.